The molecule has 0 saturated carbocycles. The Morgan fingerprint density at radius 1 is 0.868 bits per heavy atom. The first-order valence-corrected chi connectivity index (χ1v) is 14.1. The molecule has 1 heterocycles. The van der Waals surface area contributed by atoms with Crippen LogP contribution in [0.5, 0.6) is 11.5 Å². The van der Waals surface area contributed by atoms with Crippen molar-refractivity contribution in [3.8, 4) is 11.5 Å². The third-order valence-electron chi connectivity index (χ3n) is 7.47. The quantitative estimate of drug-likeness (QED) is 0.349. The van der Waals surface area contributed by atoms with Gasteiger partial charge >= 0.3 is 0 Å². The van der Waals surface area contributed by atoms with Gasteiger partial charge in [-0.25, -0.2) is 0 Å². The van der Waals surface area contributed by atoms with Crippen molar-refractivity contribution in [2.24, 2.45) is 10.8 Å². The zero-order chi connectivity index (χ0) is 27.2. The lowest BCUT2D eigenvalue weighted by Gasteiger charge is -2.42. The standard InChI is InChI=1S/C32H35BrO5/c1-6-36-24-13-20(12-21(33)30(24)37-18-19-10-8-7-9-11-19)27-28-22(34)14-31(2,3)16-25(28)38-26-17-32(4,5)15-23(35)29(26)27/h7-13,27H,6,14-18H2,1-5H3. The number of benzene rings is 2. The van der Waals surface area contributed by atoms with Crippen LogP contribution in [0.3, 0.4) is 0 Å². The molecular formula is C32H35BrO5. The summed E-state index contributed by atoms with van der Waals surface area (Å²) in [6.45, 7) is 11.1. The summed E-state index contributed by atoms with van der Waals surface area (Å²) in [7, 11) is 0. The lowest BCUT2D eigenvalue weighted by molar-refractivity contribution is -0.120. The summed E-state index contributed by atoms with van der Waals surface area (Å²) in [6.07, 6.45) is 2.17. The molecule has 0 spiro atoms. The number of carbonyl (C=O) groups excluding carboxylic acids is 2. The molecule has 0 bridgehead atoms. The van der Waals surface area contributed by atoms with Crippen LogP contribution >= 0.6 is 15.9 Å². The fourth-order valence-corrected chi connectivity index (χ4v) is 6.47. The summed E-state index contributed by atoms with van der Waals surface area (Å²) in [4.78, 5) is 27.2. The first-order valence-electron chi connectivity index (χ1n) is 13.3. The second-order valence-electron chi connectivity index (χ2n) is 12.1. The topological polar surface area (TPSA) is 61.8 Å². The lowest BCUT2D eigenvalue weighted by atomic mass is 9.65. The van der Waals surface area contributed by atoms with E-state index in [0.717, 1.165) is 15.6 Å². The molecule has 0 saturated heterocycles. The summed E-state index contributed by atoms with van der Waals surface area (Å²) in [5, 5.41) is 0. The predicted octanol–water partition coefficient (Wildman–Crippen LogP) is 7.83. The van der Waals surface area contributed by atoms with E-state index < -0.39 is 5.92 Å². The minimum absolute atomic E-state index is 0.0453. The molecule has 0 aromatic heterocycles. The van der Waals surface area contributed by atoms with Crippen LogP contribution in [-0.2, 0) is 20.9 Å². The highest BCUT2D eigenvalue weighted by atomic mass is 79.9. The summed E-state index contributed by atoms with van der Waals surface area (Å²) in [5.74, 6) is 2.20. The highest BCUT2D eigenvalue weighted by Gasteiger charge is 2.48. The van der Waals surface area contributed by atoms with Crippen LogP contribution in [-0.4, -0.2) is 18.2 Å². The van der Waals surface area contributed by atoms with Crippen LogP contribution in [0.15, 0.2) is 69.6 Å². The fraction of sp³-hybridized carbons (Fsp3) is 0.438. The Morgan fingerprint density at radius 3 is 2.00 bits per heavy atom. The molecule has 200 valence electrons. The molecular weight excluding hydrogens is 544 g/mol. The first-order chi connectivity index (χ1) is 18.0. The zero-order valence-electron chi connectivity index (χ0n) is 22.8. The third kappa shape index (κ3) is 5.20. The van der Waals surface area contributed by atoms with Gasteiger partial charge in [0, 0.05) is 42.7 Å². The van der Waals surface area contributed by atoms with Gasteiger partial charge in [-0.1, -0.05) is 58.0 Å². The molecule has 0 atom stereocenters. The molecule has 0 amide bonds. The normalized spacial score (nSPS) is 20.6. The van der Waals surface area contributed by atoms with Gasteiger partial charge in [0.1, 0.15) is 18.1 Å². The maximum atomic E-state index is 13.6. The van der Waals surface area contributed by atoms with Crippen molar-refractivity contribution in [3.05, 3.63) is 80.7 Å². The Morgan fingerprint density at radius 2 is 1.45 bits per heavy atom. The molecule has 5 rings (SSSR count). The van der Waals surface area contributed by atoms with Crippen LogP contribution < -0.4 is 9.47 Å². The van der Waals surface area contributed by atoms with E-state index in [9.17, 15) is 9.59 Å². The highest BCUT2D eigenvalue weighted by molar-refractivity contribution is 9.10. The zero-order valence-corrected chi connectivity index (χ0v) is 24.4. The van der Waals surface area contributed by atoms with E-state index in [2.05, 4.69) is 43.6 Å². The van der Waals surface area contributed by atoms with Gasteiger partial charge in [-0.15, -0.1) is 0 Å². The summed E-state index contributed by atoms with van der Waals surface area (Å²) in [6, 6.07) is 13.9. The summed E-state index contributed by atoms with van der Waals surface area (Å²) < 4.78 is 19.4. The van der Waals surface area contributed by atoms with Crippen molar-refractivity contribution in [1.29, 1.82) is 0 Å². The smallest absolute Gasteiger partial charge is 0.175 e. The molecule has 0 radical (unpaired) electrons. The van der Waals surface area contributed by atoms with E-state index in [1.165, 1.54) is 0 Å². The van der Waals surface area contributed by atoms with Crippen molar-refractivity contribution in [1.82, 2.24) is 0 Å². The minimum Gasteiger partial charge on any atom is -0.490 e. The number of rotatable bonds is 6. The molecule has 0 fully saturated rings. The van der Waals surface area contributed by atoms with Gasteiger partial charge in [0.05, 0.1) is 11.1 Å². The Bertz CT molecular complexity index is 1300. The number of carbonyl (C=O) groups is 2. The van der Waals surface area contributed by atoms with Crippen LogP contribution in [0.4, 0.5) is 0 Å². The molecule has 2 aromatic rings. The summed E-state index contributed by atoms with van der Waals surface area (Å²) in [5.41, 5.74) is 2.71. The van der Waals surface area contributed by atoms with Gasteiger partial charge < -0.3 is 14.2 Å². The average molecular weight is 580 g/mol. The largest absolute Gasteiger partial charge is 0.490 e. The van der Waals surface area contributed by atoms with Gasteiger partial charge in [-0.05, 0) is 56.9 Å². The summed E-state index contributed by atoms with van der Waals surface area (Å²) >= 11 is 3.71. The molecule has 0 N–H and O–H groups in total. The van der Waals surface area contributed by atoms with Crippen molar-refractivity contribution in [3.63, 3.8) is 0 Å². The Balaban J connectivity index is 1.62. The number of hydrogen-bond donors (Lipinski definition) is 0. The number of ketones is 2. The maximum absolute atomic E-state index is 13.6. The van der Waals surface area contributed by atoms with Gasteiger partial charge in [0.15, 0.2) is 23.1 Å². The van der Waals surface area contributed by atoms with Gasteiger partial charge in [-0.2, -0.15) is 0 Å². The number of halogens is 1. The van der Waals surface area contributed by atoms with Gasteiger partial charge in [-0.3, -0.25) is 9.59 Å². The predicted molar refractivity (Wildman–Crippen MR) is 150 cm³/mol. The highest BCUT2D eigenvalue weighted by Crippen LogP contribution is 2.54. The molecule has 5 nitrogen and oxygen atoms in total. The fourth-order valence-electron chi connectivity index (χ4n) is 5.90. The SMILES string of the molecule is CCOc1cc(C2C3=C(CC(C)(C)CC3=O)OC3=C2C(=O)CC(C)(C)C3)cc(Br)c1OCc1ccccc1. The van der Waals surface area contributed by atoms with Crippen molar-refractivity contribution < 1.29 is 23.8 Å². The lowest BCUT2D eigenvalue weighted by Crippen LogP contribution is -2.37. The Labute approximate surface area is 233 Å². The average Bonchev–Trinajstić information content (AvgIpc) is 2.81. The van der Waals surface area contributed by atoms with Gasteiger partial charge in [0.25, 0.3) is 0 Å². The van der Waals surface area contributed by atoms with Crippen molar-refractivity contribution >= 4 is 27.5 Å². The van der Waals surface area contributed by atoms with Gasteiger partial charge in [0.2, 0.25) is 0 Å². The molecule has 0 unspecified atom stereocenters. The van der Waals surface area contributed by atoms with E-state index in [1.54, 1.807) is 0 Å². The number of Topliss-reactive ketones (excluding diaryl/α,β-unsaturated/α-hetero) is 2. The van der Waals surface area contributed by atoms with Crippen LogP contribution in [0.1, 0.15) is 77.3 Å². The molecule has 2 aliphatic carbocycles. The number of ether oxygens (including phenoxy) is 3. The van der Waals surface area contributed by atoms with E-state index in [1.807, 2.05) is 49.4 Å². The van der Waals surface area contributed by atoms with Crippen LogP contribution in [0.25, 0.3) is 0 Å². The molecule has 2 aromatic carbocycles. The molecule has 6 heteroatoms. The Hall–Kier alpha value is -2.86. The van der Waals surface area contributed by atoms with Crippen molar-refractivity contribution in [2.75, 3.05) is 6.61 Å². The molecule has 1 aliphatic heterocycles. The van der Waals surface area contributed by atoms with Crippen LogP contribution in [0.2, 0.25) is 0 Å². The van der Waals surface area contributed by atoms with Crippen molar-refractivity contribution in [2.45, 2.75) is 72.8 Å². The van der Waals surface area contributed by atoms with E-state index in [0.29, 0.717) is 73.1 Å². The second kappa shape index (κ2) is 10.0. The van der Waals surface area contributed by atoms with E-state index in [-0.39, 0.29) is 22.4 Å². The second-order valence-corrected chi connectivity index (χ2v) is 13.0. The molecule has 3 aliphatic rings. The first kappa shape index (κ1) is 26.7. The third-order valence-corrected chi connectivity index (χ3v) is 8.06. The minimum atomic E-state index is -0.486. The van der Waals surface area contributed by atoms with Crippen LogP contribution in [0, 0.1) is 10.8 Å². The number of allylic oxidation sites excluding steroid dienone is 4. The number of hydrogen-bond acceptors (Lipinski definition) is 5. The van der Waals surface area contributed by atoms with E-state index in [4.69, 9.17) is 14.2 Å². The molecule has 38 heavy (non-hydrogen) atoms. The maximum Gasteiger partial charge on any atom is 0.175 e. The monoisotopic (exact) mass is 578 g/mol. The Kier molecular flexibility index (Phi) is 7.06. The van der Waals surface area contributed by atoms with E-state index >= 15 is 0 Å².